The van der Waals surface area contributed by atoms with Gasteiger partial charge in [0.2, 0.25) is 0 Å². The van der Waals surface area contributed by atoms with Gasteiger partial charge in [-0.05, 0) is 18.9 Å². The molecule has 0 unspecified atom stereocenters. The summed E-state index contributed by atoms with van der Waals surface area (Å²) in [5.74, 6) is 1.13. The van der Waals surface area contributed by atoms with E-state index in [1.165, 1.54) is 37.7 Å². The number of pyridine rings is 1. The summed E-state index contributed by atoms with van der Waals surface area (Å²) < 4.78 is 5.06. The average molecular weight is 277 g/mol. The van der Waals surface area contributed by atoms with Gasteiger partial charge in [0.05, 0.1) is 6.61 Å². The van der Waals surface area contributed by atoms with Crippen LogP contribution < -0.4 is 10.2 Å². The Morgan fingerprint density at radius 3 is 2.90 bits per heavy atom. The van der Waals surface area contributed by atoms with E-state index in [-0.39, 0.29) is 0 Å². The van der Waals surface area contributed by atoms with Crippen molar-refractivity contribution < 1.29 is 4.74 Å². The second kappa shape index (κ2) is 8.22. The van der Waals surface area contributed by atoms with E-state index < -0.39 is 0 Å². The van der Waals surface area contributed by atoms with Gasteiger partial charge in [-0.1, -0.05) is 25.3 Å². The third kappa shape index (κ3) is 4.18. The van der Waals surface area contributed by atoms with Crippen LogP contribution in [0.5, 0.6) is 0 Å². The lowest BCUT2D eigenvalue weighted by atomic mass is 9.94. The van der Waals surface area contributed by atoms with Crippen LogP contribution in [0.2, 0.25) is 0 Å². The van der Waals surface area contributed by atoms with Crippen molar-refractivity contribution in [2.75, 3.05) is 32.2 Å². The molecular formula is C16H27N3O. The number of hydrogen-bond donors (Lipinski definition) is 1. The summed E-state index contributed by atoms with van der Waals surface area (Å²) in [7, 11) is 3.92. The highest BCUT2D eigenvalue weighted by Gasteiger charge is 2.20. The lowest BCUT2D eigenvalue weighted by Crippen LogP contribution is -2.35. The summed E-state index contributed by atoms with van der Waals surface area (Å²) in [6.45, 7) is 2.47. The number of hydrogen-bond acceptors (Lipinski definition) is 4. The van der Waals surface area contributed by atoms with Crippen LogP contribution >= 0.6 is 0 Å². The lowest BCUT2D eigenvalue weighted by molar-refractivity contribution is 0.199. The zero-order chi connectivity index (χ0) is 14.2. The Morgan fingerprint density at radius 1 is 1.35 bits per heavy atom. The van der Waals surface area contributed by atoms with E-state index in [2.05, 4.69) is 28.3 Å². The second-order valence-electron chi connectivity index (χ2n) is 5.56. The molecule has 1 N–H and O–H groups in total. The Morgan fingerprint density at radius 2 is 2.15 bits per heavy atom. The van der Waals surface area contributed by atoms with Gasteiger partial charge in [-0.15, -0.1) is 0 Å². The Bertz CT molecular complexity index is 391. The fourth-order valence-electron chi connectivity index (χ4n) is 2.92. The highest BCUT2D eigenvalue weighted by molar-refractivity contribution is 5.47. The average Bonchev–Trinajstić information content (AvgIpc) is 2.52. The van der Waals surface area contributed by atoms with E-state index in [1.807, 2.05) is 12.3 Å². The number of ether oxygens (including phenoxy) is 1. The number of methoxy groups -OCH3 is 1. The number of anilines is 1. The van der Waals surface area contributed by atoms with Crippen molar-refractivity contribution in [2.45, 2.75) is 44.7 Å². The Kier molecular flexibility index (Phi) is 6.27. The predicted octanol–water partition coefficient (Wildman–Crippen LogP) is 2.59. The third-order valence-corrected chi connectivity index (χ3v) is 4.12. The standard InChI is InChI=1S/C16H27N3O/c1-19(15-8-4-3-5-9-15)16-14(7-6-10-18-16)13-17-11-12-20-2/h6-7,10,15,17H,3-5,8-9,11-13H2,1-2H3. The highest BCUT2D eigenvalue weighted by atomic mass is 16.5. The fourth-order valence-corrected chi connectivity index (χ4v) is 2.92. The highest BCUT2D eigenvalue weighted by Crippen LogP contribution is 2.26. The zero-order valence-electron chi connectivity index (χ0n) is 12.8. The summed E-state index contributed by atoms with van der Waals surface area (Å²) in [4.78, 5) is 6.99. The molecule has 1 aliphatic rings. The summed E-state index contributed by atoms with van der Waals surface area (Å²) >= 11 is 0. The van der Waals surface area contributed by atoms with E-state index in [4.69, 9.17) is 4.74 Å². The maximum absolute atomic E-state index is 5.06. The largest absolute Gasteiger partial charge is 0.383 e. The van der Waals surface area contributed by atoms with Gasteiger partial charge in [0.1, 0.15) is 5.82 Å². The molecule has 0 aromatic carbocycles. The van der Waals surface area contributed by atoms with Crippen LogP contribution in [-0.4, -0.2) is 38.3 Å². The van der Waals surface area contributed by atoms with E-state index >= 15 is 0 Å². The molecule has 0 radical (unpaired) electrons. The van der Waals surface area contributed by atoms with Crippen LogP contribution in [0.1, 0.15) is 37.7 Å². The van der Waals surface area contributed by atoms with Gasteiger partial charge in [0.15, 0.2) is 0 Å². The van der Waals surface area contributed by atoms with Crippen LogP contribution in [0.3, 0.4) is 0 Å². The SMILES string of the molecule is COCCNCc1cccnc1N(C)C1CCCCC1. The maximum Gasteiger partial charge on any atom is 0.132 e. The van der Waals surface area contributed by atoms with E-state index in [1.54, 1.807) is 7.11 Å². The molecule has 1 saturated carbocycles. The van der Waals surface area contributed by atoms with E-state index in [0.29, 0.717) is 6.04 Å². The summed E-state index contributed by atoms with van der Waals surface area (Å²) in [5.41, 5.74) is 1.27. The van der Waals surface area contributed by atoms with Gasteiger partial charge in [0.25, 0.3) is 0 Å². The molecule has 4 heteroatoms. The molecule has 0 saturated heterocycles. The maximum atomic E-state index is 5.06. The smallest absolute Gasteiger partial charge is 0.132 e. The Labute approximate surface area is 122 Å². The Hall–Kier alpha value is -1.13. The predicted molar refractivity (Wildman–Crippen MR) is 83.1 cm³/mol. The van der Waals surface area contributed by atoms with Gasteiger partial charge in [-0.25, -0.2) is 4.98 Å². The molecule has 0 aliphatic heterocycles. The minimum atomic E-state index is 0.649. The van der Waals surface area contributed by atoms with Crippen molar-refractivity contribution in [1.82, 2.24) is 10.3 Å². The molecule has 1 heterocycles. The van der Waals surface area contributed by atoms with Crippen LogP contribution in [0.15, 0.2) is 18.3 Å². The second-order valence-corrected chi connectivity index (χ2v) is 5.56. The fraction of sp³-hybridized carbons (Fsp3) is 0.688. The molecule has 2 rings (SSSR count). The topological polar surface area (TPSA) is 37.4 Å². The minimum Gasteiger partial charge on any atom is -0.383 e. The minimum absolute atomic E-state index is 0.649. The van der Waals surface area contributed by atoms with Gasteiger partial charge in [-0.3, -0.25) is 0 Å². The molecule has 1 fully saturated rings. The molecule has 0 atom stereocenters. The van der Waals surface area contributed by atoms with Crippen molar-refractivity contribution in [3.8, 4) is 0 Å². The lowest BCUT2D eigenvalue weighted by Gasteiger charge is -2.33. The molecular weight excluding hydrogens is 250 g/mol. The Balaban J connectivity index is 1.98. The molecule has 0 amide bonds. The first-order chi connectivity index (χ1) is 9.83. The van der Waals surface area contributed by atoms with Crippen LogP contribution in [0, 0.1) is 0 Å². The molecule has 1 aromatic rings. The van der Waals surface area contributed by atoms with Gasteiger partial charge in [-0.2, -0.15) is 0 Å². The molecule has 0 spiro atoms. The zero-order valence-corrected chi connectivity index (χ0v) is 12.8. The van der Waals surface area contributed by atoms with Crippen molar-refractivity contribution in [3.63, 3.8) is 0 Å². The molecule has 1 aliphatic carbocycles. The summed E-state index contributed by atoms with van der Waals surface area (Å²) in [5, 5.41) is 3.41. The summed E-state index contributed by atoms with van der Waals surface area (Å²) in [6.07, 6.45) is 8.57. The van der Waals surface area contributed by atoms with Gasteiger partial charge in [0, 0.05) is 45.0 Å². The number of rotatable bonds is 7. The molecule has 20 heavy (non-hydrogen) atoms. The quantitative estimate of drug-likeness (QED) is 0.777. The van der Waals surface area contributed by atoms with Crippen LogP contribution in [0.4, 0.5) is 5.82 Å². The monoisotopic (exact) mass is 277 g/mol. The van der Waals surface area contributed by atoms with E-state index in [9.17, 15) is 0 Å². The molecule has 0 bridgehead atoms. The van der Waals surface area contributed by atoms with Crippen LogP contribution in [-0.2, 0) is 11.3 Å². The summed E-state index contributed by atoms with van der Waals surface area (Å²) in [6, 6.07) is 4.84. The first kappa shape index (κ1) is 15.3. The molecule has 1 aromatic heterocycles. The van der Waals surface area contributed by atoms with Gasteiger partial charge >= 0.3 is 0 Å². The normalized spacial score (nSPS) is 16.3. The number of nitrogens with zero attached hydrogens (tertiary/aromatic N) is 2. The van der Waals surface area contributed by atoms with Gasteiger partial charge < -0.3 is 15.0 Å². The van der Waals surface area contributed by atoms with Crippen molar-refractivity contribution >= 4 is 5.82 Å². The molecule has 4 nitrogen and oxygen atoms in total. The third-order valence-electron chi connectivity index (χ3n) is 4.12. The number of nitrogens with one attached hydrogen (secondary N) is 1. The molecule has 112 valence electrons. The van der Waals surface area contributed by atoms with Crippen molar-refractivity contribution in [2.24, 2.45) is 0 Å². The van der Waals surface area contributed by atoms with Crippen LogP contribution in [0.25, 0.3) is 0 Å². The number of aromatic nitrogens is 1. The van der Waals surface area contributed by atoms with Crippen molar-refractivity contribution in [1.29, 1.82) is 0 Å². The first-order valence-electron chi connectivity index (χ1n) is 7.69. The first-order valence-corrected chi connectivity index (χ1v) is 7.69. The van der Waals surface area contributed by atoms with Crippen molar-refractivity contribution in [3.05, 3.63) is 23.9 Å². The van der Waals surface area contributed by atoms with E-state index in [0.717, 1.165) is 25.5 Å².